The molecule has 4 aromatic rings. The van der Waals surface area contributed by atoms with Gasteiger partial charge in [-0.1, -0.05) is 84.9 Å². The average Bonchev–Trinajstić information content (AvgIpc) is 2.83. The third-order valence-electron chi connectivity index (χ3n) is 5.47. The minimum atomic E-state index is -3.92. The Hall–Kier alpha value is -3.28. The van der Waals surface area contributed by atoms with Crippen LogP contribution in [-0.4, -0.2) is 19.3 Å². The average molecular weight is 446 g/mol. The van der Waals surface area contributed by atoms with E-state index in [1.165, 1.54) is 22.5 Å². The van der Waals surface area contributed by atoms with Gasteiger partial charge in [0.15, 0.2) is 0 Å². The van der Waals surface area contributed by atoms with Gasteiger partial charge >= 0.3 is 0 Å². The minimum absolute atomic E-state index is 0.140. The molecule has 0 saturated heterocycles. The van der Waals surface area contributed by atoms with Crippen LogP contribution < -0.4 is 0 Å². The molecule has 162 valence electrons. The summed E-state index contributed by atoms with van der Waals surface area (Å²) >= 11 is 0. The van der Waals surface area contributed by atoms with Crippen molar-refractivity contribution in [1.29, 1.82) is 0 Å². The van der Waals surface area contributed by atoms with E-state index in [2.05, 4.69) is 0 Å². The molecule has 4 rings (SSSR count). The molecule has 0 heterocycles. The van der Waals surface area contributed by atoms with Crippen LogP contribution in [0.3, 0.4) is 0 Å². The zero-order valence-corrected chi connectivity index (χ0v) is 18.5. The summed E-state index contributed by atoms with van der Waals surface area (Å²) in [5.41, 5.74) is 1.48. The zero-order chi connectivity index (χ0) is 22.6. The first-order valence-electron chi connectivity index (χ1n) is 10.4. The molecule has 0 saturated carbocycles. The van der Waals surface area contributed by atoms with Crippen LogP contribution >= 0.6 is 0 Å². The highest BCUT2D eigenvalue weighted by atomic mass is 32.2. The third-order valence-corrected chi connectivity index (χ3v) is 7.40. The van der Waals surface area contributed by atoms with Crippen molar-refractivity contribution in [3.05, 3.63) is 120 Å². The lowest BCUT2D eigenvalue weighted by molar-refractivity contribution is 0.343. The molecular weight excluding hydrogens is 421 g/mol. The Morgan fingerprint density at radius 1 is 0.844 bits per heavy atom. The molecule has 0 aliphatic carbocycles. The second kappa shape index (κ2) is 9.47. The molecule has 3 nitrogen and oxygen atoms in total. The van der Waals surface area contributed by atoms with E-state index in [1.807, 2.05) is 72.8 Å². The van der Waals surface area contributed by atoms with Gasteiger partial charge in [-0.3, -0.25) is 0 Å². The van der Waals surface area contributed by atoms with Crippen molar-refractivity contribution < 1.29 is 12.8 Å². The number of nitrogens with zero attached hydrogens (tertiary/aromatic N) is 1. The maximum Gasteiger partial charge on any atom is 0.244 e. The van der Waals surface area contributed by atoms with Gasteiger partial charge in [0.05, 0.1) is 11.4 Å². The van der Waals surface area contributed by atoms with Crippen LogP contribution in [0.4, 0.5) is 4.39 Å². The molecule has 0 N–H and O–H groups in total. The first kappa shape index (κ1) is 21.9. The first-order valence-corrected chi connectivity index (χ1v) is 11.9. The Bertz CT molecular complexity index is 1340. The van der Waals surface area contributed by atoms with Crippen LogP contribution in [0.5, 0.6) is 0 Å². The number of rotatable bonds is 7. The largest absolute Gasteiger partial charge is 0.244 e. The van der Waals surface area contributed by atoms with Crippen molar-refractivity contribution >= 4 is 26.9 Å². The van der Waals surface area contributed by atoms with Crippen molar-refractivity contribution in [2.24, 2.45) is 0 Å². The smallest absolute Gasteiger partial charge is 0.210 e. The highest BCUT2D eigenvalue weighted by molar-refractivity contribution is 7.89. The van der Waals surface area contributed by atoms with Gasteiger partial charge in [-0.25, -0.2) is 12.8 Å². The van der Waals surface area contributed by atoms with Gasteiger partial charge < -0.3 is 0 Å². The molecule has 0 aliphatic rings. The molecule has 0 spiro atoms. The predicted molar refractivity (Wildman–Crippen MR) is 128 cm³/mol. The van der Waals surface area contributed by atoms with E-state index in [0.29, 0.717) is 5.56 Å². The monoisotopic (exact) mass is 445 g/mol. The molecule has 0 radical (unpaired) electrons. The fourth-order valence-corrected chi connectivity index (χ4v) is 5.33. The number of hydrogen-bond donors (Lipinski definition) is 0. The quantitative estimate of drug-likeness (QED) is 0.321. The fraction of sp³-hybridized carbons (Fsp3) is 0.111. The summed E-state index contributed by atoms with van der Waals surface area (Å²) in [4.78, 5) is 0.140. The van der Waals surface area contributed by atoms with E-state index < -0.39 is 21.9 Å². The molecule has 0 aliphatic heterocycles. The summed E-state index contributed by atoms with van der Waals surface area (Å²) in [7, 11) is -3.92. The van der Waals surface area contributed by atoms with Crippen molar-refractivity contribution in [1.82, 2.24) is 4.31 Å². The van der Waals surface area contributed by atoms with E-state index in [0.717, 1.165) is 16.3 Å². The molecule has 0 amide bonds. The fourth-order valence-electron chi connectivity index (χ4n) is 3.73. The molecule has 0 aromatic heterocycles. The molecule has 0 bridgehead atoms. The van der Waals surface area contributed by atoms with Gasteiger partial charge in [0.1, 0.15) is 5.83 Å². The lowest BCUT2D eigenvalue weighted by Crippen LogP contribution is -2.34. The summed E-state index contributed by atoms with van der Waals surface area (Å²) < 4.78 is 43.3. The van der Waals surface area contributed by atoms with Crippen LogP contribution in [0.2, 0.25) is 0 Å². The Balaban J connectivity index is 1.70. The van der Waals surface area contributed by atoms with Gasteiger partial charge in [0, 0.05) is 6.04 Å². The molecule has 1 unspecified atom stereocenters. The lowest BCUT2D eigenvalue weighted by Gasteiger charge is -2.28. The number of sulfonamides is 1. The first-order chi connectivity index (χ1) is 15.4. The van der Waals surface area contributed by atoms with Gasteiger partial charge in [-0.2, -0.15) is 4.31 Å². The van der Waals surface area contributed by atoms with Crippen LogP contribution in [-0.2, 0) is 10.0 Å². The standard InChI is InChI=1S/C27H24FNO2S/c1-21(23-10-4-2-5-11-23)29(32(30,31)27-14-6-3-7-15-27)20-26(28)19-22-16-17-24-12-8-9-13-25(24)18-22/h2-19,21H,20H2,1H3/b26-19-. The molecule has 0 fully saturated rings. The topological polar surface area (TPSA) is 37.4 Å². The molecule has 1 atom stereocenters. The maximum atomic E-state index is 15.2. The Morgan fingerprint density at radius 3 is 2.12 bits per heavy atom. The van der Waals surface area contributed by atoms with Gasteiger partial charge in [0.2, 0.25) is 10.0 Å². The van der Waals surface area contributed by atoms with E-state index in [1.54, 1.807) is 25.1 Å². The predicted octanol–water partition coefficient (Wildman–Crippen LogP) is 6.60. The number of benzene rings is 4. The summed E-state index contributed by atoms with van der Waals surface area (Å²) in [6.07, 6.45) is 1.40. The lowest BCUT2D eigenvalue weighted by atomic mass is 10.1. The molecule has 5 heteroatoms. The summed E-state index contributed by atoms with van der Waals surface area (Å²) in [6.45, 7) is 1.42. The normalized spacial score (nSPS) is 13.4. The second-order valence-electron chi connectivity index (χ2n) is 7.65. The summed E-state index contributed by atoms with van der Waals surface area (Å²) in [5.74, 6) is -0.525. The van der Waals surface area contributed by atoms with Gasteiger partial charge in [-0.05, 0) is 53.1 Å². The van der Waals surface area contributed by atoms with E-state index in [9.17, 15) is 8.42 Å². The third kappa shape index (κ3) is 4.79. The van der Waals surface area contributed by atoms with Crippen molar-refractivity contribution in [3.8, 4) is 0 Å². The Kier molecular flexibility index (Phi) is 6.49. The van der Waals surface area contributed by atoms with Gasteiger partial charge in [0.25, 0.3) is 0 Å². The van der Waals surface area contributed by atoms with Crippen molar-refractivity contribution in [3.63, 3.8) is 0 Å². The van der Waals surface area contributed by atoms with Crippen LogP contribution in [0, 0.1) is 0 Å². The van der Waals surface area contributed by atoms with Crippen LogP contribution in [0.1, 0.15) is 24.1 Å². The zero-order valence-electron chi connectivity index (χ0n) is 17.7. The van der Waals surface area contributed by atoms with Crippen LogP contribution in [0.15, 0.2) is 114 Å². The van der Waals surface area contributed by atoms with Crippen molar-refractivity contribution in [2.75, 3.05) is 6.54 Å². The van der Waals surface area contributed by atoms with E-state index >= 15 is 4.39 Å². The Labute approximate surface area is 188 Å². The molecule has 4 aromatic carbocycles. The van der Waals surface area contributed by atoms with Crippen LogP contribution in [0.25, 0.3) is 16.8 Å². The molecular formula is C27H24FNO2S. The SMILES string of the molecule is CC(c1ccccc1)N(C/C(F)=C/c1ccc2ccccc2c1)S(=O)(=O)c1ccccc1. The van der Waals surface area contributed by atoms with E-state index in [4.69, 9.17) is 0 Å². The summed E-state index contributed by atoms with van der Waals surface area (Å²) in [5, 5.41) is 2.07. The number of hydrogen-bond acceptors (Lipinski definition) is 2. The highest BCUT2D eigenvalue weighted by Crippen LogP contribution is 2.29. The minimum Gasteiger partial charge on any atom is -0.210 e. The Morgan fingerprint density at radius 2 is 1.44 bits per heavy atom. The second-order valence-corrected chi connectivity index (χ2v) is 9.54. The summed E-state index contributed by atoms with van der Waals surface area (Å²) in [6, 6.07) is 30.4. The highest BCUT2D eigenvalue weighted by Gasteiger charge is 2.30. The number of halogens is 1. The van der Waals surface area contributed by atoms with E-state index in [-0.39, 0.29) is 11.4 Å². The molecule has 32 heavy (non-hydrogen) atoms. The van der Waals surface area contributed by atoms with Crippen molar-refractivity contribution in [2.45, 2.75) is 17.9 Å². The maximum absolute atomic E-state index is 15.2. The number of fused-ring (bicyclic) bond motifs is 1. The van der Waals surface area contributed by atoms with Gasteiger partial charge in [-0.15, -0.1) is 0 Å².